The molecule has 1 unspecified atom stereocenters. The molecular weight excluding hydrogens is 588 g/mol. The fourth-order valence-electron chi connectivity index (χ4n) is 3.56. The Morgan fingerprint density at radius 2 is 2.05 bits per heavy atom. The van der Waals surface area contributed by atoms with Crippen LogP contribution in [0.2, 0.25) is 0 Å². The summed E-state index contributed by atoms with van der Waals surface area (Å²) in [6.07, 6.45) is -1.37. The van der Waals surface area contributed by atoms with E-state index in [-0.39, 0.29) is 44.8 Å². The van der Waals surface area contributed by atoms with Crippen LogP contribution in [0.15, 0.2) is 33.0 Å². The fraction of sp³-hybridized carbons (Fsp3) is 0.300. The normalized spacial score (nSPS) is 19.5. The van der Waals surface area contributed by atoms with Crippen molar-refractivity contribution in [3.8, 4) is 0 Å². The van der Waals surface area contributed by atoms with Gasteiger partial charge in [0.2, 0.25) is 17.7 Å². The molecule has 17 nitrogen and oxygen atoms in total. The van der Waals surface area contributed by atoms with E-state index < -0.39 is 47.0 Å². The average molecular weight is 612 g/mol. The maximum absolute atomic E-state index is 13.1. The first-order chi connectivity index (χ1) is 18.9. The maximum Gasteiger partial charge on any atom is 0.352 e. The van der Waals surface area contributed by atoms with Crippen molar-refractivity contribution < 1.29 is 38.9 Å². The first-order valence-corrected chi connectivity index (χ1v) is 14.0. The highest BCUT2D eigenvalue weighted by Gasteiger charge is 2.54. The third-order valence-corrected chi connectivity index (χ3v) is 8.60. The van der Waals surface area contributed by atoms with Crippen LogP contribution in [0.3, 0.4) is 0 Å². The smallest absolute Gasteiger partial charge is 0.352 e. The lowest BCUT2D eigenvalue weighted by atomic mass is 10.0. The van der Waals surface area contributed by atoms with Crippen LogP contribution in [0.25, 0.3) is 0 Å². The number of aromatic nitrogens is 3. The van der Waals surface area contributed by atoms with Crippen molar-refractivity contribution in [3.05, 3.63) is 28.4 Å². The zero-order valence-electron chi connectivity index (χ0n) is 20.5. The van der Waals surface area contributed by atoms with Gasteiger partial charge in [0.05, 0.1) is 6.07 Å². The second-order valence-corrected chi connectivity index (χ2v) is 11.2. The number of amides is 2. The molecule has 2 aromatic rings. The molecule has 0 aliphatic carbocycles. The Kier molecular flexibility index (Phi) is 8.21. The number of β-lactam (4-membered cyclic amide) rings is 1. The van der Waals surface area contributed by atoms with E-state index in [1.165, 1.54) is 30.1 Å². The van der Waals surface area contributed by atoms with Crippen LogP contribution in [0.1, 0.15) is 12.6 Å². The van der Waals surface area contributed by atoms with Crippen molar-refractivity contribution in [2.24, 2.45) is 5.16 Å². The SMILES string of the molecule is C[C@@H](O/N=C(\C(=O)NC1C(=O)N2C(C(=O)O)=C(CSc3nc(N)cc(N)[n+]3N)CS[C@H]12)c1csc(N)n1)C(=O)O. The molecular formula is C20H23N10O7S3+. The van der Waals surface area contributed by atoms with Gasteiger partial charge in [0.25, 0.3) is 11.8 Å². The summed E-state index contributed by atoms with van der Waals surface area (Å²) in [6.45, 7) is 1.21. The standard InChI is InChI=1S/C20H22N10O7S3/c1-6(17(33)34)37-28-11(8-5-39-19(23)25-8)14(31)27-12-15(32)29-13(18(35)36)7(3-38-16(12)29)4-40-20-26-9(21)2-10(22)30(20)24/h2,5-6,12,16H,3-4,24H2,1H3,(H8,21,22,23,25,27,31,33,34,35,36)/p+1/b28-11-/t6-,12?,16-/m1/s1. The number of thioether (sulfide) groups is 2. The third kappa shape index (κ3) is 5.67. The Labute approximate surface area is 237 Å². The summed E-state index contributed by atoms with van der Waals surface area (Å²) in [5.41, 5.74) is 17.0. The van der Waals surface area contributed by atoms with Crippen molar-refractivity contribution in [2.45, 2.75) is 29.6 Å². The molecule has 1 saturated heterocycles. The van der Waals surface area contributed by atoms with Crippen LogP contribution < -0.4 is 33.0 Å². The maximum atomic E-state index is 13.1. The van der Waals surface area contributed by atoms with E-state index in [1.54, 1.807) is 0 Å². The summed E-state index contributed by atoms with van der Waals surface area (Å²) < 4.78 is 1.11. The van der Waals surface area contributed by atoms with Crippen molar-refractivity contribution in [2.75, 3.05) is 34.5 Å². The lowest BCUT2D eigenvalue weighted by molar-refractivity contribution is -0.667. The van der Waals surface area contributed by atoms with Gasteiger partial charge in [-0.1, -0.05) is 10.1 Å². The molecule has 2 aromatic heterocycles. The number of nitrogens with two attached hydrogens (primary N) is 4. The van der Waals surface area contributed by atoms with Crippen LogP contribution in [0.5, 0.6) is 0 Å². The molecule has 40 heavy (non-hydrogen) atoms. The van der Waals surface area contributed by atoms with E-state index in [0.29, 0.717) is 5.57 Å². The van der Waals surface area contributed by atoms with Gasteiger partial charge in [-0.15, -0.1) is 27.8 Å². The largest absolute Gasteiger partial charge is 0.478 e. The Bertz CT molecular complexity index is 1460. The van der Waals surface area contributed by atoms with E-state index in [9.17, 15) is 24.3 Å². The van der Waals surface area contributed by atoms with Crippen LogP contribution in [-0.4, -0.2) is 83.6 Å². The summed E-state index contributed by atoms with van der Waals surface area (Å²) in [4.78, 5) is 63.5. The number of carbonyl (C=O) groups excluding carboxylic acids is 2. The van der Waals surface area contributed by atoms with Gasteiger partial charge in [0.15, 0.2) is 10.8 Å². The number of nitrogen functional groups attached to an aromatic ring is 4. The molecule has 0 radical (unpaired) electrons. The van der Waals surface area contributed by atoms with E-state index in [0.717, 1.165) is 32.7 Å². The van der Waals surface area contributed by atoms with Gasteiger partial charge >= 0.3 is 17.1 Å². The molecule has 20 heteroatoms. The number of oxime groups is 1. The van der Waals surface area contributed by atoms with Crippen molar-refractivity contribution >= 4 is 81.1 Å². The zero-order chi connectivity index (χ0) is 29.3. The van der Waals surface area contributed by atoms with Crippen LogP contribution in [-0.2, 0) is 24.0 Å². The summed E-state index contributed by atoms with van der Waals surface area (Å²) in [5, 5.41) is 26.2. The second-order valence-electron chi connectivity index (χ2n) is 8.26. The Balaban J connectivity index is 1.52. The van der Waals surface area contributed by atoms with Crippen molar-refractivity contribution in [1.29, 1.82) is 0 Å². The molecule has 4 rings (SSSR count). The van der Waals surface area contributed by atoms with Crippen LogP contribution >= 0.6 is 34.9 Å². The van der Waals surface area contributed by atoms with Gasteiger partial charge in [0, 0.05) is 16.9 Å². The minimum Gasteiger partial charge on any atom is -0.478 e. The van der Waals surface area contributed by atoms with E-state index in [1.807, 2.05) is 0 Å². The average Bonchev–Trinajstić information content (AvgIpc) is 3.33. The van der Waals surface area contributed by atoms with Crippen LogP contribution in [0.4, 0.5) is 16.8 Å². The number of hydrogen-bond donors (Lipinski definition) is 7. The molecule has 2 amide bonds. The Morgan fingerprint density at radius 3 is 2.67 bits per heavy atom. The molecule has 2 aliphatic rings. The summed E-state index contributed by atoms with van der Waals surface area (Å²) >= 11 is 3.35. The van der Waals surface area contributed by atoms with Crippen molar-refractivity contribution in [3.63, 3.8) is 0 Å². The predicted octanol–water partition coefficient (Wildman–Crippen LogP) is -1.99. The number of thiazole rings is 1. The minimum absolute atomic E-state index is 0.0101. The van der Waals surface area contributed by atoms with Gasteiger partial charge in [-0.25, -0.2) is 14.6 Å². The molecule has 4 heterocycles. The number of fused-ring (bicyclic) bond motifs is 1. The summed E-state index contributed by atoms with van der Waals surface area (Å²) in [6, 6.07) is 0.277. The molecule has 212 valence electrons. The number of nitrogens with zero attached hydrogens (tertiary/aromatic N) is 5. The van der Waals surface area contributed by atoms with E-state index >= 15 is 0 Å². The van der Waals surface area contributed by atoms with Gasteiger partial charge in [-0.05, 0) is 24.3 Å². The van der Waals surface area contributed by atoms with Crippen LogP contribution in [0, 0.1) is 0 Å². The number of aliphatic carboxylic acids is 2. The molecule has 0 bridgehead atoms. The third-order valence-electron chi connectivity index (χ3n) is 5.55. The monoisotopic (exact) mass is 611 g/mol. The highest BCUT2D eigenvalue weighted by molar-refractivity contribution is 8.01. The number of carboxylic acids is 2. The highest BCUT2D eigenvalue weighted by atomic mass is 32.2. The van der Waals surface area contributed by atoms with E-state index in [2.05, 4.69) is 20.4 Å². The molecule has 0 spiro atoms. The summed E-state index contributed by atoms with van der Waals surface area (Å²) in [7, 11) is 0. The number of rotatable bonds is 10. The van der Waals surface area contributed by atoms with Gasteiger partial charge < -0.3 is 37.6 Å². The zero-order valence-corrected chi connectivity index (χ0v) is 23.0. The molecule has 0 aromatic carbocycles. The number of hydrogen-bond acceptors (Lipinski definition) is 15. The van der Waals surface area contributed by atoms with E-state index in [4.69, 9.17) is 33.0 Å². The van der Waals surface area contributed by atoms with Gasteiger partial charge in [-0.3, -0.25) is 20.3 Å². The molecule has 11 N–H and O–H groups in total. The van der Waals surface area contributed by atoms with Gasteiger partial charge in [0.1, 0.15) is 22.8 Å². The molecule has 1 fully saturated rings. The number of nitrogens with one attached hydrogen (secondary N) is 1. The number of carbonyl (C=O) groups is 4. The molecule has 0 saturated carbocycles. The van der Waals surface area contributed by atoms with Crippen molar-refractivity contribution in [1.82, 2.24) is 20.2 Å². The lowest BCUT2D eigenvalue weighted by Gasteiger charge is -2.49. The molecule has 3 atom stereocenters. The predicted molar refractivity (Wildman–Crippen MR) is 145 cm³/mol. The lowest BCUT2D eigenvalue weighted by Crippen LogP contribution is -2.71. The minimum atomic E-state index is -1.37. The number of carboxylic acid groups (broad SMARTS) is 2. The Hall–Kier alpha value is -4.30. The first-order valence-electron chi connectivity index (χ1n) is 11.1. The summed E-state index contributed by atoms with van der Waals surface area (Å²) in [5.74, 6) is 2.32. The number of anilines is 3. The fourth-order valence-corrected chi connectivity index (χ4v) is 6.54. The quantitative estimate of drug-likeness (QED) is 0.0291. The first kappa shape index (κ1) is 28.7. The Morgan fingerprint density at radius 1 is 1.32 bits per heavy atom. The molecule has 2 aliphatic heterocycles. The van der Waals surface area contributed by atoms with Gasteiger partial charge in [-0.2, -0.15) is 0 Å². The topological polar surface area (TPSA) is 279 Å². The second kappa shape index (κ2) is 11.4. The highest BCUT2D eigenvalue weighted by Crippen LogP contribution is 2.41.